The third kappa shape index (κ3) is 6.22. The van der Waals surface area contributed by atoms with Crippen LogP contribution in [0.1, 0.15) is 52.7 Å². The molecule has 2 heterocycles. The summed E-state index contributed by atoms with van der Waals surface area (Å²) in [6.07, 6.45) is 1.50. The summed E-state index contributed by atoms with van der Waals surface area (Å²) in [4.78, 5) is 10.5. The molecule has 0 saturated carbocycles. The number of halogens is 2. The first-order valence-corrected chi connectivity index (χ1v) is 14.2. The zero-order chi connectivity index (χ0) is 28.0. The molecule has 0 amide bonds. The Bertz CT molecular complexity index is 1500. The maximum atomic E-state index is 14.9. The highest BCUT2D eigenvalue weighted by Crippen LogP contribution is 2.56. The van der Waals surface area contributed by atoms with Gasteiger partial charge in [-0.2, -0.15) is 0 Å². The van der Waals surface area contributed by atoms with Gasteiger partial charge in [0.25, 0.3) is 0 Å². The minimum absolute atomic E-state index is 0.117. The van der Waals surface area contributed by atoms with Crippen LogP contribution in [0.25, 0.3) is 21.9 Å². The van der Waals surface area contributed by atoms with Gasteiger partial charge in [0.2, 0.25) is 0 Å². The Labute approximate surface area is 222 Å². The van der Waals surface area contributed by atoms with Crippen LogP contribution in [0.15, 0.2) is 42.7 Å². The molecule has 0 spiro atoms. The molecule has 0 aliphatic rings. The van der Waals surface area contributed by atoms with Gasteiger partial charge < -0.3 is 18.5 Å². The second-order valence-corrected chi connectivity index (χ2v) is 13.6. The van der Waals surface area contributed by atoms with Crippen molar-refractivity contribution in [3.8, 4) is 0 Å². The fourth-order valence-corrected chi connectivity index (χ4v) is 6.99. The van der Waals surface area contributed by atoms with Gasteiger partial charge in [-0.3, -0.25) is 4.57 Å². The van der Waals surface area contributed by atoms with Crippen molar-refractivity contribution < 1.29 is 22.4 Å². The zero-order valence-corrected chi connectivity index (χ0v) is 24.1. The summed E-state index contributed by atoms with van der Waals surface area (Å²) < 4.78 is 56.6. The van der Waals surface area contributed by atoms with Crippen molar-refractivity contribution >= 4 is 35.3 Å². The van der Waals surface area contributed by atoms with Gasteiger partial charge in [-0.15, -0.1) is 0 Å². The van der Waals surface area contributed by atoms with Gasteiger partial charge >= 0.3 is 7.60 Å². The van der Waals surface area contributed by atoms with Crippen LogP contribution in [0.5, 0.6) is 0 Å². The highest BCUT2D eigenvalue weighted by molar-refractivity contribution is 7.53. The van der Waals surface area contributed by atoms with Crippen molar-refractivity contribution in [1.29, 1.82) is 0 Å². The zero-order valence-electron chi connectivity index (χ0n) is 23.2. The van der Waals surface area contributed by atoms with Crippen molar-refractivity contribution in [2.24, 2.45) is 0 Å². The number of nitrogens with zero attached hydrogens (tertiary/aromatic N) is 4. The third-order valence-corrected chi connectivity index (χ3v) is 8.03. The van der Waals surface area contributed by atoms with E-state index in [0.29, 0.717) is 28.9 Å². The smallest absolute Gasteiger partial charge is 0.336 e. The monoisotopic (exact) mass is 544 g/mol. The SMILES string of the molecule is CN(C)c1ncnc2c3c(F)cc(F)cc3n(Cc3ccc(CP(=O)(OC(C)(C)C)OC(C)(C)C)cc3)c12. The van der Waals surface area contributed by atoms with E-state index in [0.717, 1.165) is 17.2 Å². The van der Waals surface area contributed by atoms with E-state index in [9.17, 15) is 13.3 Å². The van der Waals surface area contributed by atoms with Gasteiger partial charge in [0, 0.05) is 26.7 Å². The van der Waals surface area contributed by atoms with Crippen LogP contribution in [0, 0.1) is 11.6 Å². The summed E-state index contributed by atoms with van der Waals surface area (Å²) in [5, 5.41) is 0.253. The summed E-state index contributed by atoms with van der Waals surface area (Å²) in [5.41, 5.74) is 1.82. The molecule has 10 heteroatoms. The van der Waals surface area contributed by atoms with Crippen LogP contribution in [-0.4, -0.2) is 39.8 Å². The minimum atomic E-state index is -3.46. The molecular formula is C28H35F2N4O3P. The Hall–Kier alpha value is -2.87. The van der Waals surface area contributed by atoms with Gasteiger partial charge in [0.1, 0.15) is 29.0 Å². The number of fused-ring (bicyclic) bond motifs is 3. The molecule has 0 fully saturated rings. The Balaban J connectivity index is 1.73. The summed E-state index contributed by atoms with van der Waals surface area (Å²) in [7, 11) is 0.220. The van der Waals surface area contributed by atoms with Crippen molar-refractivity contribution in [2.45, 2.75) is 65.5 Å². The molecule has 2 aromatic heterocycles. The summed E-state index contributed by atoms with van der Waals surface area (Å²) >= 11 is 0. The van der Waals surface area contributed by atoms with E-state index >= 15 is 0 Å². The molecule has 204 valence electrons. The Morgan fingerprint density at radius 2 is 1.50 bits per heavy atom. The fourth-order valence-electron chi connectivity index (χ4n) is 4.49. The number of rotatable bonds is 7. The highest BCUT2D eigenvalue weighted by Gasteiger charge is 2.35. The Morgan fingerprint density at radius 3 is 2.05 bits per heavy atom. The maximum absolute atomic E-state index is 14.9. The molecule has 4 aromatic rings. The Kier molecular flexibility index (Phi) is 7.43. The van der Waals surface area contributed by atoms with E-state index in [2.05, 4.69) is 9.97 Å². The van der Waals surface area contributed by atoms with E-state index in [1.165, 1.54) is 12.4 Å². The van der Waals surface area contributed by atoms with Crippen molar-refractivity contribution in [3.63, 3.8) is 0 Å². The van der Waals surface area contributed by atoms with Crippen LogP contribution in [0.3, 0.4) is 0 Å². The van der Waals surface area contributed by atoms with Crippen LogP contribution in [0.2, 0.25) is 0 Å². The molecule has 0 bridgehead atoms. The average molecular weight is 545 g/mol. The summed E-state index contributed by atoms with van der Waals surface area (Å²) in [6.45, 7) is 11.4. The lowest BCUT2D eigenvalue weighted by Gasteiger charge is -2.32. The van der Waals surface area contributed by atoms with E-state index < -0.39 is 30.4 Å². The maximum Gasteiger partial charge on any atom is 0.336 e. The first-order chi connectivity index (χ1) is 17.6. The molecule has 0 aliphatic heterocycles. The number of aromatic nitrogens is 3. The second-order valence-electron chi connectivity index (χ2n) is 11.6. The Morgan fingerprint density at radius 1 is 0.921 bits per heavy atom. The van der Waals surface area contributed by atoms with Gasteiger partial charge in [-0.05, 0) is 58.7 Å². The largest absolute Gasteiger partial charge is 0.361 e. The lowest BCUT2D eigenvalue weighted by atomic mass is 10.1. The van der Waals surface area contributed by atoms with Gasteiger partial charge in [-0.25, -0.2) is 18.7 Å². The molecule has 38 heavy (non-hydrogen) atoms. The van der Waals surface area contributed by atoms with E-state index in [4.69, 9.17) is 9.05 Å². The number of benzene rings is 2. The predicted octanol–water partition coefficient (Wildman–Crippen LogP) is 7.30. The molecule has 0 saturated heterocycles. The topological polar surface area (TPSA) is 69.5 Å². The molecule has 0 atom stereocenters. The van der Waals surface area contributed by atoms with Gasteiger partial charge in [-0.1, -0.05) is 24.3 Å². The molecule has 0 aliphatic carbocycles. The van der Waals surface area contributed by atoms with E-state index in [-0.39, 0.29) is 11.5 Å². The van der Waals surface area contributed by atoms with Crippen molar-refractivity contribution in [2.75, 3.05) is 19.0 Å². The number of hydrogen-bond donors (Lipinski definition) is 0. The quantitative estimate of drug-likeness (QED) is 0.228. The first kappa shape index (κ1) is 28.1. The van der Waals surface area contributed by atoms with Crippen LogP contribution in [0.4, 0.5) is 14.6 Å². The third-order valence-electron chi connectivity index (χ3n) is 5.62. The molecule has 0 radical (unpaired) electrons. The molecule has 0 unspecified atom stereocenters. The minimum Gasteiger partial charge on any atom is -0.361 e. The standard InChI is InChI=1S/C28H35F2N4O3P/c1-27(2,3)36-38(35,37-28(4,5)6)16-19-11-9-18(10-12-19)15-34-22-14-20(29)13-21(30)23(22)24-25(34)26(33(7)8)32-17-31-24/h9-14,17H,15-16H2,1-8H3. The van der Waals surface area contributed by atoms with Crippen LogP contribution in [-0.2, 0) is 26.3 Å². The fraction of sp³-hybridized carbons (Fsp3) is 0.429. The normalized spacial score (nSPS) is 13.0. The van der Waals surface area contributed by atoms with E-state index in [1.807, 2.05) is 89.4 Å². The lowest BCUT2D eigenvalue weighted by Crippen LogP contribution is -2.24. The van der Waals surface area contributed by atoms with Crippen molar-refractivity contribution in [3.05, 3.63) is 65.5 Å². The highest BCUT2D eigenvalue weighted by atomic mass is 31.2. The average Bonchev–Trinajstić information content (AvgIpc) is 3.05. The van der Waals surface area contributed by atoms with Crippen LogP contribution >= 0.6 is 7.60 Å². The van der Waals surface area contributed by atoms with Crippen molar-refractivity contribution in [1.82, 2.24) is 14.5 Å². The molecule has 2 aromatic carbocycles. The summed E-state index contributed by atoms with van der Waals surface area (Å²) in [5.74, 6) is -0.736. The lowest BCUT2D eigenvalue weighted by molar-refractivity contribution is 0.0485. The second kappa shape index (κ2) is 10.0. The first-order valence-electron chi connectivity index (χ1n) is 12.4. The van der Waals surface area contributed by atoms with Gasteiger partial charge in [0.05, 0.1) is 28.3 Å². The number of anilines is 1. The molecule has 0 N–H and O–H groups in total. The van der Waals surface area contributed by atoms with E-state index in [1.54, 1.807) is 0 Å². The van der Waals surface area contributed by atoms with Gasteiger partial charge in [0.15, 0.2) is 5.82 Å². The molecule has 7 nitrogen and oxygen atoms in total. The summed E-state index contributed by atoms with van der Waals surface area (Å²) in [6, 6.07) is 9.74. The van der Waals surface area contributed by atoms with Crippen LogP contribution < -0.4 is 4.90 Å². The molecular weight excluding hydrogens is 509 g/mol. The number of hydrogen-bond acceptors (Lipinski definition) is 6. The predicted molar refractivity (Wildman–Crippen MR) is 148 cm³/mol. The molecule has 4 rings (SSSR count).